The van der Waals surface area contributed by atoms with E-state index in [1.165, 1.54) is 11.9 Å². The zero-order chi connectivity index (χ0) is 26.6. The summed E-state index contributed by atoms with van der Waals surface area (Å²) < 4.78 is 0.307. The van der Waals surface area contributed by atoms with Gasteiger partial charge in [-0.25, -0.2) is 14.6 Å². The number of amides is 2. The summed E-state index contributed by atoms with van der Waals surface area (Å²) in [5.74, 6) is -0.536. The molecule has 0 saturated carbocycles. The van der Waals surface area contributed by atoms with Gasteiger partial charge in [-0.3, -0.25) is 15.0 Å². The molecule has 3 aromatic rings. The first-order chi connectivity index (χ1) is 17.8. The molecule has 1 unspecified atom stereocenters. The van der Waals surface area contributed by atoms with E-state index in [1.807, 2.05) is 98.7 Å². The maximum Gasteiger partial charge on any atom is 0.305 e. The Morgan fingerprint density at radius 1 is 1.00 bits per heavy atom. The van der Waals surface area contributed by atoms with E-state index in [0.717, 1.165) is 5.69 Å². The lowest BCUT2D eigenvalue weighted by atomic mass is 10.1. The lowest BCUT2D eigenvalue weighted by molar-refractivity contribution is -0.917. The molecule has 0 aliphatic carbocycles. The quantitative estimate of drug-likeness (QED) is 0.258. The summed E-state index contributed by atoms with van der Waals surface area (Å²) in [6, 6.07) is 25.9. The molecule has 9 heteroatoms. The molecule has 1 aliphatic heterocycles. The van der Waals surface area contributed by atoms with Crippen molar-refractivity contribution < 1.29 is 14.2 Å². The highest BCUT2D eigenvalue weighted by molar-refractivity contribution is 6.33. The monoisotopic (exact) mass is 519 g/mol. The molecule has 1 fully saturated rings. The number of carbonyl (C=O) groups excluding carboxylic acids is 2. The van der Waals surface area contributed by atoms with E-state index in [2.05, 4.69) is 10.7 Å². The van der Waals surface area contributed by atoms with Crippen LogP contribution in [0.5, 0.6) is 0 Å². The van der Waals surface area contributed by atoms with E-state index in [-0.39, 0.29) is 11.7 Å². The number of hydrogen-bond acceptors (Lipinski definition) is 4. The van der Waals surface area contributed by atoms with Gasteiger partial charge in [0.25, 0.3) is 0 Å². The fraction of sp³-hybridized carbons (Fsp3) is 0.250. The molecule has 0 bridgehead atoms. The summed E-state index contributed by atoms with van der Waals surface area (Å²) in [6.07, 6.45) is 0. The zero-order valence-corrected chi connectivity index (χ0v) is 22.2. The molecule has 0 radical (unpaired) electrons. The van der Waals surface area contributed by atoms with Gasteiger partial charge in [-0.1, -0.05) is 60.1 Å². The first-order valence-electron chi connectivity index (χ1n) is 12.3. The van der Waals surface area contributed by atoms with Crippen LogP contribution in [0.4, 0.5) is 17.1 Å². The van der Waals surface area contributed by atoms with Crippen molar-refractivity contribution in [2.24, 2.45) is 4.99 Å². The molecule has 0 aromatic heterocycles. The number of anilines is 2. The van der Waals surface area contributed by atoms with Crippen LogP contribution in [0, 0.1) is 0 Å². The number of nitrogens with one attached hydrogen (secondary N) is 2. The summed E-state index contributed by atoms with van der Waals surface area (Å²) in [6.45, 7) is 6.79. The molecule has 8 nitrogen and oxygen atoms in total. The average Bonchev–Trinajstić information content (AvgIpc) is 3.17. The number of hydrogen-bond donors (Lipinski definition) is 2. The number of nitrogens with zero attached hydrogens (tertiary/aromatic N) is 4. The third-order valence-corrected chi connectivity index (χ3v) is 7.01. The topological polar surface area (TPSA) is 77.0 Å². The van der Waals surface area contributed by atoms with Crippen molar-refractivity contribution in [2.45, 2.75) is 26.4 Å². The molecule has 1 atom stereocenters. The van der Waals surface area contributed by atoms with Crippen LogP contribution in [0.25, 0.3) is 0 Å². The van der Waals surface area contributed by atoms with Crippen LogP contribution in [0.2, 0.25) is 5.02 Å². The maximum atomic E-state index is 14.6. The molecule has 1 aliphatic rings. The molecule has 192 valence electrons. The van der Waals surface area contributed by atoms with Crippen LogP contribution in [0.15, 0.2) is 89.9 Å². The molecule has 2 amide bonds. The van der Waals surface area contributed by atoms with Gasteiger partial charge in [0.1, 0.15) is 0 Å². The van der Waals surface area contributed by atoms with E-state index in [1.54, 1.807) is 12.1 Å². The van der Waals surface area contributed by atoms with Crippen LogP contribution in [0.3, 0.4) is 0 Å². The van der Waals surface area contributed by atoms with Crippen LogP contribution < -0.4 is 20.8 Å². The third-order valence-electron chi connectivity index (χ3n) is 6.69. The highest BCUT2D eigenvalue weighted by Gasteiger charge is 2.63. The van der Waals surface area contributed by atoms with E-state index < -0.39 is 11.6 Å². The number of benzene rings is 3. The average molecular weight is 520 g/mol. The van der Waals surface area contributed by atoms with Crippen LogP contribution in [0.1, 0.15) is 20.8 Å². The number of para-hydroxylation sites is 3. The Morgan fingerprint density at radius 3 is 2.14 bits per heavy atom. The van der Waals surface area contributed by atoms with Gasteiger partial charge < -0.3 is 5.32 Å². The van der Waals surface area contributed by atoms with Gasteiger partial charge in [-0.2, -0.15) is 5.01 Å². The fourth-order valence-corrected chi connectivity index (χ4v) is 4.73. The van der Waals surface area contributed by atoms with Crippen molar-refractivity contribution in [1.82, 2.24) is 10.7 Å². The first kappa shape index (κ1) is 26.2. The number of hydrazine groups is 1. The van der Waals surface area contributed by atoms with Crippen molar-refractivity contribution in [1.29, 1.82) is 0 Å². The van der Waals surface area contributed by atoms with E-state index in [0.29, 0.717) is 34.1 Å². The van der Waals surface area contributed by atoms with Crippen LogP contribution in [-0.2, 0) is 9.59 Å². The van der Waals surface area contributed by atoms with Gasteiger partial charge in [0.2, 0.25) is 5.91 Å². The predicted octanol–water partition coefficient (Wildman–Crippen LogP) is 4.66. The van der Waals surface area contributed by atoms with E-state index in [9.17, 15) is 9.59 Å². The van der Waals surface area contributed by atoms with Gasteiger partial charge >= 0.3 is 11.6 Å². The summed E-state index contributed by atoms with van der Waals surface area (Å²) in [4.78, 5) is 32.4. The lowest BCUT2D eigenvalue weighted by Crippen LogP contribution is -2.77. The van der Waals surface area contributed by atoms with Crippen LogP contribution >= 0.6 is 11.6 Å². The largest absolute Gasteiger partial charge is 0.315 e. The van der Waals surface area contributed by atoms with Gasteiger partial charge in [0, 0.05) is 6.92 Å². The number of rotatable bonds is 8. The predicted molar refractivity (Wildman–Crippen MR) is 148 cm³/mol. The van der Waals surface area contributed by atoms with Crippen molar-refractivity contribution in [2.75, 3.05) is 30.2 Å². The first-order valence-corrected chi connectivity index (χ1v) is 12.6. The summed E-state index contributed by atoms with van der Waals surface area (Å²) in [7, 11) is 2.03. The maximum absolute atomic E-state index is 14.6. The summed E-state index contributed by atoms with van der Waals surface area (Å²) >= 11 is 6.49. The smallest absolute Gasteiger partial charge is 0.305 e. The van der Waals surface area contributed by atoms with Crippen molar-refractivity contribution in [3.05, 3.63) is 90.0 Å². The Kier molecular flexibility index (Phi) is 7.52. The second-order valence-electron chi connectivity index (χ2n) is 9.01. The van der Waals surface area contributed by atoms with E-state index >= 15 is 0 Å². The molecule has 1 heterocycles. The molecular weight excluding hydrogens is 488 g/mol. The molecule has 1 saturated heterocycles. The highest BCUT2D eigenvalue weighted by Crippen LogP contribution is 2.37. The third kappa shape index (κ3) is 4.77. The van der Waals surface area contributed by atoms with Gasteiger partial charge in [-0.05, 0) is 50.2 Å². The lowest BCUT2D eigenvalue weighted by Gasteiger charge is -2.50. The molecule has 37 heavy (non-hydrogen) atoms. The van der Waals surface area contributed by atoms with E-state index in [4.69, 9.17) is 16.6 Å². The zero-order valence-electron chi connectivity index (χ0n) is 21.5. The molecular formula is C28H32ClN6O2+. The van der Waals surface area contributed by atoms with Gasteiger partial charge in [0.15, 0.2) is 5.84 Å². The summed E-state index contributed by atoms with van der Waals surface area (Å²) in [5, 5.41) is 6.80. The minimum absolute atomic E-state index is 0.236. The van der Waals surface area contributed by atoms with Crippen LogP contribution in [-0.4, -0.2) is 48.0 Å². The van der Waals surface area contributed by atoms with Crippen molar-refractivity contribution >= 4 is 46.3 Å². The Labute approximate surface area is 222 Å². The number of aliphatic imine (C=N–C) groups is 1. The highest BCUT2D eigenvalue weighted by atomic mass is 35.5. The SMILES string of the molecule is CC[N+](C)(CC)N(c1ccccc1)C1(NC(C)=O)C(=O)N(c2ccccc2)NC1=Nc1ccccc1Cl. The molecule has 4 rings (SSSR count). The number of halogens is 1. The number of quaternary nitrogens is 1. The second-order valence-corrected chi connectivity index (χ2v) is 9.42. The fourth-order valence-electron chi connectivity index (χ4n) is 4.55. The standard InChI is InChI=1S/C28H31ClN6O2/c1-5-35(4,6-2)34(23-17-11-8-12-18-23)28(31-21(3)36)26(30-25-20-14-13-19-24(25)29)32-33(27(28)37)22-15-9-7-10-16-22/h7-20H,5-6H2,1-4H3,(H-,30,31,32,36)/p+1. The Bertz CT molecular complexity index is 1300. The molecule has 2 N–H and O–H groups in total. The summed E-state index contributed by atoms with van der Waals surface area (Å²) in [5.41, 5.74) is 3.34. The number of amidine groups is 1. The second kappa shape index (κ2) is 10.6. The molecule has 3 aromatic carbocycles. The Balaban J connectivity index is 2.07. The number of carbonyl (C=O) groups is 2. The Morgan fingerprint density at radius 2 is 1.57 bits per heavy atom. The van der Waals surface area contributed by atoms with Gasteiger partial charge in [0.05, 0.1) is 42.2 Å². The minimum atomic E-state index is -1.71. The van der Waals surface area contributed by atoms with Crippen molar-refractivity contribution in [3.8, 4) is 0 Å². The van der Waals surface area contributed by atoms with Crippen molar-refractivity contribution in [3.63, 3.8) is 0 Å². The van der Waals surface area contributed by atoms with Gasteiger partial charge in [-0.15, -0.1) is 0 Å². The normalized spacial score (nSPS) is 18.6. The minimum Gasteiger partial charge on any atom is -0.315 e. The Hall–Kier alpha value is -3.88. The molecule has 0 spiro atoms.